The monoisotopic (exact) mass is 318 g/mol. The lowest BCUT2D eigenvalue weighted by atomic mass is 10.0. The van der Waals surface area contributed by atoms with Crippen LogP contribution in [0.5, 0.6) is 0 Å². The van der Waals surface area contributed by atoms with E-state index < -0.39 is 0 Å². The first-order chi connectivity index (χ1) is 10.6. The summed E-state index contributed by atoms with van der Waals surface area (Å²) in [5.74, 6) is 0. The zero-order valence-electron chi connectivity index (χ0n) is 13.1. The molecule has 2 heterocycles. The number of urea groups is 1. The summed E-state index contributed by atoms with van der Waals surface area (Å²) in [5.41, 5.74) is 1.00. The van der Waals surface area contributed by atoms with E-state index in [1.807, 2.05) is 23.1 Å². The molecule has 0 bridgehead atoms. The number of nitrogens with zero attached hydrogens (tertiary/aromatic N) is 3. The number of amides is 2. The fourth-order valence-corrected chi connectivity index (χ4v) is 3.75. The van der Waals surface area contributed by atoms with Crippen molar-refractivity contribution < 1.29 is 4.79 Å². The lowest BCUT2D eigenvalue weighted by Gasteiger charge is -2.35. The van der Waals surface area contributed by atoms with Crippen LogP contribution in [0.2, 0.25) is 0 Å². The van der Waals surface area contributed by atoms with Crippen LogP contribution in [0, 0.1) is 0 Å². The summed E-state index contributed by atoms with van der Waals surface area (Å²) in [6, 6.07) is 8.68. The van der Waals surface area contributed by atoms with Gasteiger partial charge in [-0.3, -0.25) is 0 Å². The first kappa shape index (κ1) is 15.2. The molecule has 0 radical (unpaired) electrons. The molecule has 6 heteroatoms. The molecule has 1 N–H and O–H groups in total. The van der Waals surface area contributed by atoms with Crippen molar-refractivity contribution in [3.05, 3.63) is 29.3 Å². The number of aromatic nitrogens is 1. The van der Waals surface area contributed by atoms with Gasteiger partial charge in [0.05, 0.1) is 16.8 Å². The number of fused-ring (bicyclic) bond motifs is 1. The predicted octanol–water partition coefficient (Wildman–Crippen LogP) is 2.53. The van der Waals surface area contributed by atoms with E-state index in [4.69, 9.17) is 0 Å². The molecule has 2 aromatic rings. The Kier molecular flexibility index (Phi) is 4.59. The average molecular weight is 318 g/mol. The van der Waals surface area contributed by atoms with Gasteiger partial charge in [-0.1, -0.05) is 12.1 Å². The number of carbonyl (C=O) groups is 1. The first-order valence-electron chi connectivity index (χ1n) is 7.67. The number of benzene rings is 1. The van der Waals surface area contributed by atoms with Crippen molar-refractivity contribution in [3.8, 4) is 0 Å². The second kappa shape index (κ2) is 6.62. The summed E-state index contributed by atoms with van der Waals surface area (Å²) < 4.78 is 1.17. The largest absolute Gasteiger partial charge is 0.331 e. The van der Waals surface area contributed by atoms with Crippen molar-refractivity contribution in [2.75, 3.05) is 27.2 Å². The molecule has 0 atom stereocenters. The number of para-hydroxylation sites is 1. The molecule has 22 heavy (non-hydrogen) atoms. The number of likely N-dealkylation sites (tertiary alicyclic amines) is 1. The fourth-order valence-electron chi connectivity index (χ4n) is 2.84. The zero-order valence-corrected chi connectivity index (χ0v) is 13.9. The molecular weight excluding hydrogens is 296 g/mol. The Bertz CT molecular complexity index is 613. The van der Waals surface area contributed by atoms with Crippen molar-refractivity contribution in [2.45, 2.75) is 25.4 Å². The predicted molar refractivity (Wildman–Crippen MR) is 90.1 cm³/mol. The molecule has 0 saturated carbocycles. The Morgan fingerprint density at radius 2 is 2.09 bits per heavy atom. The lowest BCUT2D eigenvalue weighted by molar-refractivity contribution is 0.148. The van der Waals surface area contributed by atoms with Crippen LogP contribution < -0.4 is 5.32 Å². The molecule has 0 spiro atoms. The van der Waals surface area contributed by atoms with Gasteiger partial charge >= 0.3 is 6.03 Å². The third-order valence-corrected chi connectivity index (χ3v) is 5.25. The van der Waals surface area contributed by atoms with Gasteiger partial charge in [-0.25, -0.2) is 9.78 Å². The first-order valence-corrected chi connectivity index (χ1v) is 8.49. The molecule has 1 saturated heterocycles. The average Bonchev–Trinajstić information content (AvgIpc) is 2.95. The molecule has 1 aliphatic heterocycles. The van der Waals surface area contributed by atoms with E-state index in [1.165, 1.54) is 4.70 Å². The van der Waals surface area contributed by atoms with Gasteiger partial charge < -0.3 is 15.1 Å². The Hall–Kier alpha value is -1.66. The molecular formula is C16H22N4OS. The maximum absolute atomic E-state index is 12.2. The number of carbonyl (C=O) groups excluding carboxylic acids is 1. The maximum Gasteiger partial charge on any atom is 0.317 e. The minimum Gasteiger partial charge on any atom is -0.331 e. The normalized spacial score (nSPS) is 16.4. The zero-order chi connectivity index (χ0) is 15.5. The lowest BCUT2D eigenvalue weighted by Crippen LogP contribution is -2.47. The SMILES string of the molecule is CN(C)C1CCN(C(=O)NCc2nc3ccccc3s2)CC1. The van der Waals surface area contributed by atoms with Crippen molar-refractivity contribution in [2.24, 2.45) is 0 Å². The molecule has 0 aliphatic carbocycles. The van der Waals surface area contributed by atoms with E-state index in [-0.39, 0.29) is 6.03 Å². The maximum atomic E-state index is 12.2. The van der Waals surface area contributed by atoms with Gasteiger partial charge in [-0.15, -0.1) is 11.3 Å². The number of rotatable bonds is 3. The number of piperidine rings is 1. The highest BCUT2D eigenvalue weighted by atomic mass is 32.1. The Balaban J connectivity index is 1.52. The van der Waals surface area contributed by atoms with E-state index in [2.05, 4.69) is 35.4 Å². The molecule has 1 aromatic heterocycles. The van der Waals surface area contributed by atoms with Crippen LogP contribution >= 0.6 is 11.3 Å². The highest BCUT2D eigenvalue weighted by Gasteiger charge is 2.23. The van der Waals surface area contributed by atoms with E-state index in [1.54, 1.807) is 11.3 Å². The van der Waals surface area contributed by atoms with Crippen LogP contribution in [0.25, 0.3) is 10.2 Å². The minimum atomic E-state index is 0.0245. The van der Waals surface area contributed by atoms with Crippen molar-refractivity contribution in [1.29, 1.82) is 0 Å². The topological polar surface area (TPSA) is 48.5 Å². The van der Waals surface area contributed by atoms with Crippen molar-refractivity contribution in [3.63, 3.8) is 0 Å². The quantitative estimate of drug-likeness (QED) is 0.946. The highest BCUT2D eigenvalue weighted by molar-refractivity contribution is 7.18. The Morgan fingerprint density at radius 3 is 2.77 bits per heavy atom. The summed E-state index contributed by atoms with van der Waals surface area (Å²) in [5, 5.41) is 3.95. The standard InChI is InChI=1S/C16H22N4OS/c1-19(2)12-7-9-20(10-8-12)16(21)17-11-15-18-13-5-3-4-6-14(13)22-15/h3-6,12H,7-11H2,1-2H3,(H,17,21). The van der Waals surface area contributed by atoms with E-state index in [9.17, 15) is 4.79 Å². The van der Waals surface area contributed by atoms with Crippen molar-refractivity contribution in [1.82, 2.24) is 20.1 Å². The number of nitrogens with one attached hydrogen (secondary N) is 1. The number of hydrogen-bond donors (Lipinski definition) is 1. The van der Waals surface area contributed by atoms with Crippen LogP contribution in [0.1, 0.15) is 17.8 Å². The van der Waals surface area contributed by atoms with Gasteiger partial charge in [0.15, 0.2) is 0 Å². The van der Waals surface area contributed by atoms with Gasteiger partial charge in [0.1, 0.15) is 5.01 Å². The molecule has 3 rings (SSSR count). The molecule has 0 unspecified atom stereocenters. The number of hydrogen-bond acceptors (Lipinski definition) is 4. The van der Waals surface area contributed by atoms with Crippen LogP contribution in [-0.4, -0.2) is 54.0 Å². The third-order valence-electron chi connectivity index (χ3n) is 4.21. The summed E-state index contributed by atoms with van der Waals surface area (Å²) in [6.07, 6.45) is 2.09. The number of thiazole rings is 1. The molecule has 1 aromatic carbocycles. The molecule has 5 nitrogen and oxygen atoms in total. The van der Waals surface area contributed by atoms with Gasteiger partial charge in [0.25, 0.3) is 0 Å². The molecule has 2 amide bonds. The highest BCUT2D eigenvalue weighted by Crippen LogP contribution is 2.21. The summed E-state index contributed by atoms with van der Waals surface area (Å²) in [4.78, 5) is 20.9. The molecule has 1 aliphatic rings. The van der Waals surface area contributed by atoms with Crippen LogP contribution in [-0.2, 0) is 6.54 Å². The van der Waals surface area contributed by atoms with E-state index in [0.29, 0.717) is 12.6 Å². The summed E-state index contributed by atoms with van der Waals surface area (Å²) in [6.45, 7) is 2.16. The van der Waals surface area contributed by atoms with Gasteiger partial charge in [0, 0.05) is 19.1 Å². The summed E-state index contributed by atoms with van der Waals surface area (Å²) in [7, 11) is 4.21. The molecule has 1 fully saturated rings. The molecule has 118 valence electrons. The smallest absolute Gasteiger partial charge is 0.317 e. The second-order valence-corrected chi connectivity index (χ2v) is 7.03. The van der Waals surface area contributed by atoms with Gasteiger partial charge in [0.2, 0.25) is 0 Å². The fraction of sp³-hybridized carbons (Fsp3) is 0.500. The van der Waals surface area contributed by atoms with Crippen LogP contribution in [0.15, 0.2) is 24.3 Å². The van der Waals surface area contributed by atoms with Crippen LogP contribution in [0.4, 0.5) is 4.79 Å². The van der Waals surface area contributed by atoms with Gasteiger partial charge in [-0.2, -0.15) is 0 Å². The van der Waals surface area contributed by atoms with Crippen molar-refractivity contribution >= 4 is 27.6 Å². The minimum absolute atomic E-state index is 0.0245. The van der Waals surface area contributed by atoms with Gasteiger partial charge in [-0.05, 0) is 39.1 Å². The second-order valence-electron chi connectivity index (χ2n) is 5.92. The van der Waals surface area contributed by atoms with Crippen LogP contribution in [0.3, 0.4) is 0 Å². The van der Waals surface area contributed by atoms with E-state index in [0.717, 1.165) is 36.5 Å². The Morgan fingerprint density at radius 1 is 1.36 bits per heavy atom. The summed E-state index contributed by atoms with van der Waals surface area (Å²) >= 11 is 1.64. The Labute approximate surface area is 134 Å². The third kappa shape index (κ3) is 3.39. The van der Waals surface area contributed by atoms with E-state index >= 15 is 0 Å².